The summed E-state index contributed by atoms with van der Waals surface area (Å²) in [6, 6.07) is 12.0. The summed E-state index contributed by atoms with van der Waals surface area (Å²) in [4.78, 5) is 24.3. The van der Waals surface area contributed by atoms with Crippen LogP contribution in [0.5, 0.6) is 0 Å². The molecule has 2 rings (SSSR count). The van der Waals surface area contributed by atoms with E-state index < -0.39 is 18.0 Å². The van der Waals surface area contributed by atoms with E-state index in [-0.39, 0.29) is 11.3 Å². The van der Waals surface area contributed by atoms with E-state index in [1.165, 1.54) is 30.7 Å². The van der Waals surface area contributed by atoms with Crippen molar-refractivity contribution in [1.82, 2.24) is 0 Å². The number of hydrogen-bond donors (Lipinski definition) is 2. The number of carbonyl (C=O) groups excluding carboxylic acids is 2. The van der Waals surface area contributed by atoms with Crippen LogP contribution in [0.3, 0.4) is 0 Å². The van der Waals surface area contributed by atoms with E-state index in [2.05, 4.69) is 19.2 Å². The lowest BCUT2D eigenvalue weighted by Gasteiger charge is -2.14. The minimum atomic E-state index is -0.950. The minimum Gasteiger partial charge on any atom is -0.449 e. The van der Waals surface area contributed by atoms with Crippen molar-refractivity contribution in [3.8, 4) is 0 Å². The van der Waals surface area contributed by atoms with E-state index in [1.54, 1.807) is 0 Å². The van der Waals surface area contributed by atoms with Crippen LogP contribution in [0.15, 0.2) is 42.5 Å². The maximum atomic E-state index is 12.2. The van der Waals surface area contributed by atoms with E-state index in [1.807, 2.05) is 24.3 Å². The van der Waals surface area contributed by atoms with Gasteiger partial charge in [-0.15, -0.1) is 0 Å². The van der Waals surface area contributed by atoms with Crippen molar-refractivity contribution >= 4 is 34.9 Å². The maximum absolute atomic E-state index is 12.2. The SMILES string of the molecule is CC(C)c1ccc(NC(=O)[C@@H](C)OC(=O)c2ccc(Cl)c(N)c2)cc1. The first-order valence-electron chi connectivity index (χ1n) is 7.94. The number of hydrogen-bond acceptors (Lipinski definition) is 4. The quantitative estimate of drug-likeness (QED) is 0.617. The number of rotatable bonds is 5. The van der Waals surface area contributed by atoms with Crippen molar-refractivity contribution in [2.45, 2.75) is 32.8 Å². The molecule has 0 fully saturated rings. The third-order valence-corrected chi connectivity index (χ3v) is 4.07. The van der Waals surface area contributed by atoms with Crippen molar-refractivity contribution in [3.05, 3.63) is 58.6 Å². The van der Waals surface area contributed by atoms with Crippen LogP contribution in [-0.4, -0.2) is 18.0 Å². The molecule has 0 aromatic heterocycles. The highest BCUT2D eigenvalue weighted by Gasteiger charge is 2.19. The molecule has 0 aliphatic rings. The lowest BCUT2D eigenvalue weighted by atomic mass is 10.0. The number of amides is 1. The Morgan fingerprint density at radius 3 is 2.28 bits per heavy atom. The first-order valence-corrected chi connectivity index (χ1v) is 8.32. The lowest BCUT2D eigenvalue weighted by molar-refractivity contribution is -0.123. The van der Waals surface area contributed by atoms with E-state index >= 15 is 0 Å². The molecule has 25 heavy (non-hydrogen) atoms. The number of carbonyl (C=O) groups is 2. The Bertz CT molecular complexity index is 773. The predicted octanol–water partition coefficient (Wildman–Crippen LogP) is 4.23. The molecular weight excluding hydrogens is 340 g/mol. The molecule has 0 bridgehead atoms. The van der Waals surface area contributed by atoms with Gasteiger partial charge in [-0.3, -0.25) is 4.79 Å². The number of anilines is 2. The molecule has 3 N–H and O–H groups in total. The minimum absolute atomic E-state index is 0.239. The van der Waals surface area contributed by atoms with Crippen molar-refractivity contribution in [2.24, 2.45) is 0 Å². The first-order chi connectivity index (χ1) is 11.8. The summed E-state index contributed by atoms with van der Waals surface area (Å²) < 4.78 is 5.18. The van der Waals surface area contributed by atoms with Crippen LogP contribution in [0.2, 0.25) is 5.02 Å². The molecule has 1 atom stereocenters. The van der Waals surface area contributed by atoms with Gasteiger partial charge >= 0.3 is 5.97 Å². The normalized spacial score (nSPS) is 11.9. The summed E-state index contributed by atoms with van der Waals surface area (Å²) in [6.45, 7) is 5.70. The smallest absolute Gasteiger partial charge is 0.338 e. The third-order valence-electron chi connectivity index (χ3n) is 3.73. The molecule has 0 radical (unpaired) electrons. The summed E-state index contributed by atoms with van der Waals surface area (Å²) in [5, 5.41) is 3.08. The highest BCUT2D eigenvalue weighted by Crippen LogP contribution is 2.21. The molecule has 0 saturated heterocycles. The van der Waals surface area contributed by atoms with Crippen molar-refractivity contribution in [1.29, 1.82) is 0 Å². The second-order valence-corrected chi connectivity index (χ2v) is 6.46. The van der Waals surface area contributed by atoms with Gasteiger partial charge in [0.2, 0.25) is 0 Å². The van der Waals surface area contributed by atoms with Gasteiger partial charge in [0.25, 0.3) is 5.91 Å². The van der Waals surface area contributed by atoms with Crippen LogP contribution in [0, 0.1) is 0 Å². The zero-order valence-corrected chi connectivity index (χ0v) is 15.1. The van der Waals surface area contributed by atoms with Gasteiger partial charge < -0.3 is 15.8 Å². The fourth-order valence-electron chi connectivity index (χ4n) is 2.15. The number of ether oxygens (including phenoxy) is 1. The predicted molar refractivity (Wildman–Crippen MR) is 99.9 cm³/mol. The standard InChI is InChI=1S/C19H21ClN2O3/c1-11(2)13-4-7-15(8-5-13)22-18(23)12(3)25-19(24)14-6-9-16(20)17(21)10-14/h4-12H,21H2,1-3H3,(H,22,23)/t12-/m1/s1. The molecule has 0 unspecified atom stereocenters. The number of nitrogen functional groups attached to an aromatic ring is 1. The maximum Gasteiger partial charge on any atom is 0.338 e. The Kier molecular flexibility index (Phi) is 6.04. The number of halogens is 1. The van der Waals surface area contributed by atoms with Crippen LogP contribution in [0.4, 0.5) is 11.4 Å². The first kappa shape index (κ1) is 18.8. The van der Waals surface area contributed by atoms with E-state index in [0.29, 0.717) is 16.6 Å². The molecule has 2 aromatic carbocycles. The summed E-state index contributed by atoms with van der Waals surface area (Å²) in [6.07, 6.45) is -0.950. The van der Waals surface area contributed by atoms with Crippen LogP contribution >= 0.6 is 11.6 Å². The average molecular weight is 361 g/mol. The number of nitrogens with two attached hydrogens (primary N) is 1. The summed E-state index contributed by atoms with van der Waals surface area (Å²) in [7, 11) is 0. The molecular formula is C19H21ClN2O3. The van der Waals surface area contributed by atoms with E-state index in [0.717, 1.165) is 0 Å². The summed E-state index contributed by atoms with van der Waals surface area (Å²) in [5.41, 5.74) is 8.01. The molecule has 2 aromatic rings. The van der Waals surface area contributed by atoms with Crippen LogP contribution in [0.25, 0.3) is 0 Å². The number of benzene rings is 2. The summed E-state index contributed by atoms with van der Waals surface area (Å²) >= 11 is 5.82. The molecule has 0 spiro atoms. The van der Waals surface area contributed by atoms with Gasteiger partial charge in [-0.25, -0.2) is 4.79 Å². The Balaban J connectivity index is 1.97. The van der Waals surface area contributed by atoms with E-state index in [4.69, 9.17) is 22.1 Å². The zero-order chi connectivity index (χ0) is 18.6. The lowest BCUT2D eigenvalue weighted by Crippen LogP contribution is -2.30. The van der Waals surface area contributed by atoms with Gasteiger partial charge in [-0.1, -0.05) is 37.6 Å². The fraction of sp³-hybridized carbons (Fsp3) is 0.263. The largest absolute Gasteiger partial charge is 0.449 e. The number of esters is 1. The average Bonchev–Trinajstić information content (AvgIpc) is 2.57. The summed E-state index contributed by atoms with van der Waals surface area (Å²) in [5.74, 6) is -0.634. The molecule has 132 valence electrons. The molecule has 5 nitrogen and oxygen atoms in total. The Labute approximate surface area is 152 Å². The van der Waals surface area contributed by atoms with E-state index in [9.17, 15) is 9.59 Å². The van der Waals surface area contributed by atoms with Crippen LogP contribution < -0.4 is 11.1 Å². The zero-order valence-electron chi connectivity index (χ0n) is 14.4. The van der Waals surface area contributed by atoms with Crippen molar-refractivity contribution < 1.29 is 14.3 Å². The van der Waals surface area contributed by atoms with Gasteiger partial charge in [0.15, 0.2) is 6.10 Å². The van der Waals surface area contributed by atoms with Gasteiger partial charge in [-0.2, -0.15) is 0 Å². The molecule has 0 aliphatic heterocycles. The number of nitrogens with one attached hydrogen (secondary N) is 1. The molecule has 1 amide bonds. The van der Waals surface area contributed by atoms with Gasteiger partial charge in [-0.05, 0) is 48.7 Å². The molecule has 0 saturated carbocycles. The highest BCUT2D eigenvalue weighted by atomic mass is 35.5. The second-order valence-electron chi connectivity index (χ2n) is 6.05. The van der Waals surface area contributed by atoms with Gasteiger partial charge in [0.05, 0.1) is 16.3 Å². The Morgan fingerprint density at radius 2 is 1.72 bits per heavy atom. The monoisotopic (exact) mass is 360 g/mol. The topological polar surface area (TPSA) is 81.4 Å². The third kappa shape index (κ3) is 4.97. The molecule has 0 heterocycles. The molecule has 0 aliphatic carbocycles. The van der Waals surface area contributed by atoms with Crippen LogP contribution in [0.1, 0.15) is 42.6 Å². The van der Waals surface area contributed by atoms with Gasteiger partial charge in [0.1, 0.15) is 0 Å². The van der Waals surface area contributed by atoms with Crippen molar-refractivity contribution in [2.75, 3.05) is 11.1 Å². The van der Waals surface area contributed by atoms with Gasteiger partial charge in [0, 0.05) is 5.69 Å². The second kappa shape index (κ2) is 8.03. The van der Waals surface area contributed by atoms with Crippen LogP contribution in [-0.2, 0) is 9.53 Å². The Hall–Kier alpha value is -2.53. The highest BCUT2D eigenvalue weighted by molar-refractivity contribution is 6.33. The molecule has 6 heteroatoms. The fourth-order valence-corrected chi connectivity index (χ4v) is 2.27. The Morgan fingerprint density at radius 1 is 1.08 bits per heavy atom. The van der Waals surface area contributed by atoms with Crippen molar-refractivity contribution in [3.63, 3.8) is 0 Å².